The number of carbonyl (C=O) groups excluding carboxylic acids is 1. The van der Waals surface area contributed by atoms with Gasteiger partial charge in [0.2, 0.25) is 0 Å². The van der Waals surface area contributed by atoms with Gasteiger partial charge in [0.25, 0.3) is 5.56 Å². The molecule has 2 aromatic heterocycles. The minimum Gasteiger partial charge on any atom is -0.307 e. The number of pyridine rings is 1. The highest BCUT2D eigenvalue weighted by molar-refractivity contribution is 6.03. The number of benzene rings is 3. The number of halogens is 3. The molecule has 3 aromatic carbocycles. The van der Waals surface area contributed by atoms with Crippen molar-refractivity contribution in [1.29, 1.82) is 0 Å². The number of carbonyl (C=O) groups is 1. The summed E-state index contributed by atoms with van der Waals surface area (Å²) in [6.45, 7) is 0.419. The van der Waals surface area contributed by atoms with Crippen LogP contribution in [0, 0.1) is 17.5 Å². The molecule has 35 heavy (non-hydrogen) atoms. The molecule has 0 aliphatic heterocycles. The molecule has 0 saturated carbocycles. The van der Waals surface area contributed by atoms with E-state index in [0.717, 1.165) is 17.7 Å². The summed E-state index contributed by atoms with van der Waals surface area (Å²) >= 11 is 0. The highest BCUT2D eigenvalue weighted by atomic mass is 19.1. The van der Waals surface area contributed by atoms with E-state index in [1.165, 1.54) is 29.0 Å². The van der Waals surface area contributed by atoms with E-state index in [9.17, 15) is 22.8 Å². The van der Waals surface area contributed by atoms with Gasteiger partial charge >= 0.3 is 0 Å². The molecule has 5 rings (SSSR count). The van der Waals surface area contributed by atoms with E-state index >= 15 is 0 Å². The van der Waals surface area contributed by atoms with Gasteiger partial charge in [-0.15, -0.1) is 0 Å². The second kappa shape index (κ2) is 9.21. The van der Waals surface area contributed by atoms with Crippen LogP contribution in [0.4, 0.5) is 13.2 Å². The zero-order valence-corrected chi connectivity index (χ0v) is 18.5. The maximum absolute atomic E-state index is 14.2. The highest BCUT2D eigenvalue weighted by Gasteiger charge is 2.17. The first-order valence-corrected chi connectivity index (χ1v) is 11.1. The Balaban J connectivity index is 1.50. The quantitative estimate of drug-likeness (QED) is 0.332. The predicted molar refractivity (Wildman–Crippen MR) is 127 cm³/mol. The number of fused-ring (bicyclic) bond motifs is 3. The monoisotopic (exact) mass is 475 g/mol. The Hall–Kier alpha value is -4.20. The molecule has 8 heteroatoms. The fraction of sp³-hybridized carbons (Fsp3) is 0.148. The van der Waals surface area contributed by atoms with Crippen LogP contribution in [0.2, 0.25) is 0 Å². The summed E-state index contributed by atoms with van der Waals surface area (Å²) in [6.07, 6.45) is 1.17. The lowest BCUT2D eigenvalue weighted by molar-refractivity contribution is -0.118. The van der Waals surface area contributed by atoms with E-state index in [2.05, 4.69) is 5.10 Å². The molecule has 5 aromatic rings. The number of aryl methyl sites for hydroxylation is 1. The zero-order valence-electron chi connectivity index (χ0n) is 18.5. The molecule has 0 unspecified atom stereocenters. The van der Waals surface area contributed by atoms with Crippen molar-refractivity contribution in [1.82, 2.24) is 14.3 Å². The summed E-state index contributed by atoms with van der Waals surface area (Å²) in [5, 5.41) is 5.39. The van der Waals surface area contributed by atoms with Gasteiger partial charge in [0.1, 0.15) is 23.2 Å². The standard InChI is InChI=1S/C27H20F3N3O2/c28-19-7-6-18(24(30)13-19)12-21(34)10-11-32-25-14-20(29)8-9-22(25)26-23(27(32)35)15-31-33(26)16-17-4-2-1-3-5-17/h1-9,13-15H,10-12,16H2. The third-order valence-corrected chi connectivity index (χ3v) is 6.01. The molecule has 0 aliphatic carbocycles. The predicted octanol–water partition coefficient (Wildman–Crippen LogP) is 5.02. The van der Waals surface area contributed by atoms with Gasteiger partial charge in [-0.05, 0) is 35.4 Å². The van der Waals surface area contributed by atoms with Crippen molar-refractivity contribution in [2.24, 2.45) is 0 Å². The Bertz CT molecular complexity index is 1620. The van der Waals surface area contributed by atoms with Crippen molar-refractivity contribution in [2.45, 2.75) is 25.9 Å². The molecule has 0 aliphatic rings. The zero-order chi connectivity index (χ0) is 24.5. The first-order valence-electron chi connectivity index (χ1n) is 11.1. The molecule has 2 heterocycles. The Labute approximate surface area is 198 Å². The molecule has 0 N–H and O–H groups in total. The maximum atomic E-state index is 14.2. The van der Waals surface area contributed by atoms with Gasteiger partial charge in [-0.25, -0.2) is 13.2 Å². The highest BCUT2D eigenvalue weighted by Crippen LogP contribution is 2.25. The van der Waals surface area contributed by atoms with Crippen molar-refractivity contribution < 1.29 is 18.0 Å². The minimum absolute atomic E-state index is 0.0137. The molecular formula is C27H20F3N3O2. The van der Waals surface area contributed by atoms with Crippen molar-refractivity contribution in [3.8, 4) is 0 Å². The average molecular weight is 475 g/mol. The largest absolute Gasteiger partial charge is 0.307 e. The second-order valence-electron chi connectivity index (χ2n) is 8.37. The van der Waals surface area contributed by atoms with Gasteiger partial charge in [-0.3, -0.25) is 14.3 Å². The van der Waals surface area contributed by atoms with Crippen molar-refractivity contribution >= 4 is 27.6 Å². The van der Waals surface area contributed by atoms with Gasteiger partial charge in [0.05, 0.1) is 29.2 Å². The number of rotatable bonds is 7. The van der Waals surface area contributed by atoms with E-state index in [1.807, 2.05) is 30.3 Å². The molecule has 0 bridgehead atoms. The maximum Gasteiger partial charge on any atom is 0.262 e. The fourth-order valence-corrected chi connectivity index (χ4v) is 4.31. The summed E-state index contributed by atoms with van der Waals surface area (Å²) in [7, 11) is 0. The van der Waals surface area contributed by atoms with Crippen LogP contribution in [0.5, 0.6) is 0 Å². The summed E-state index contributed by atoms with van der Waals surface area (Å²) in [5.41, 5.74) is 1.62. The Morgan fingerprint density at radius 3 is 2.40 bits per heavy atom. The lowest BCUT2D eigenvalue weighted by Gasteiger charge is -2.13. The van der Waals surface area contributed by atoms with Crippen LogP contribution >= 0.6 is 0 Å². The van der Waals surface area contributed by atoms with Crippen molar-refractivity contribution in [3.63, 3.8) is 0 Å². The molecule has 0 saturated heterocycles. The topological polar surface area (TPSA) is 56.9 Å². The first-order chi connectivity index (χ1) is 16.9. The average Bonchev–Trinajstić information content (AvgIpc) is 3.25. The summed E-state index contributed by atoms with van der Waals surface area (Å²) in [4.78, 5) is 25.9. The molecule has 0 radical (unpaired) electrons. The number of hydrogen-bond donors (Lipinski definition) is 0. The van der Waals surface area contributed by atoms with Gasteiger partial charge in [0.15, 0.2) is 0 Å². The number of hydrogen-bond acceptors (Lipinski definition) is 3. The third kappa shape index (κ3) is 4.47. The van der Waals surface area contributed by atoms with Crippen molar-refractivity contribution in [3.05, 3.63) is 112 Å². The number of nitrogens with zero attached hydrogens (tertiary/aromatic N) is 3. The molecule has 0 fully saturated rings. The number of ketones is 1. The van der Waals surface area contributed by atoms with Crippen LogP contribution in [0.25, 0.3) is 21.8 Å². The van der Waals surface area contributed by atoms with Crippen LogP contribution in [0.3, 0.4) is 0 Å². The van der Waals surface area contributed by atoms with E-state index in [1.54, 1.807) is 10.7 Å². The lowest BCUT2D eigenvalue weighted by atomic mass is 10.1. The molecule has 176 valence electrons. The Kier molecular flexibility index (Phi) is 5.94. The van der Waals surface area contributed by atoms with E-state index in [4.69, 9.17) is 0 Å². The third-order valence-electron chi connectivity index (χ3n) is 6.01. The summed E-state index contributed by atoms with van der Waals surface area (Å²) in [6, 6.07) is 16.9. The molecule has 0 amide bonds. The first kappa shape index (κ1) is 22.6. The normalized spacial score (nSPS) is 11.4. The van der Waals surface area contributed by atoms with Gasteiger partial charge in [0, 0.05) is 30.8 Å². The Morgan fingerprint density at radius 1 is 0.886 bits per heavy atom. The summed E-state index contributed by atoms with van der Waals surface area (Å²) < 4.78 is 44.3. The molecule has 0 atom stereocenters. The molecule has 0 spiro atoms. The van der Waals surface area contributed by atoms with E-state index < -0.39 is 23.0 Å². The minimum atomic E-state index is -0.796. The van der Waals surface area contributed by atoms with Crippen LogP contribution < -0.4 is 5.56 Å². The molecular weight excluding hydrogens is 455 g/mol. The van der Waals surface area contributed by atoms with Gasteiger partial charge in [-0.2, -0.15) is 5.10 Å². The van der Waals surface area contributed by atoms with E-state index in [0.29, 0.717) is 28.4 Å². The smallest absolute Gasteiger partial charge is 0.262 e. The van der Waals surface area contributed by atoms with Crippen LogP contribution in [-0.4, -0.2) is 20.1 Å². The van der Waals surface area contributed by atoms with E-state index in [-0.39, 0.29) is 30.7 Å². The summed E-state index contributed by atoms with van der Waals surface area (Å²) in [5.74, 6) is -2.36. The lowest BCUT2D eigenvalue weighted by Crippen LogP contribution is -2.23. The molecule has 5 nitrogen and oxygen atoms in total. The number of aromatic nitrogens is 3. The Morgan fingerprint density at radius 2 is 1.63 bits per heavy atom. The van der Waals surface area contributed by atoms with Crippen LogP contribution in [0.15, 0.2) is 77.7 Å². The SMILES string of the molecule is O=C(CCn1c(=O)c2cnn(Cc3ccccc3)c2c2ccc(F)cc21)Cc1ccc(F)cc1F. The number of Topliss-reactive ketones (excluding diaryl/α,β-unsaturated/α-hetero) is 1. The van der Waals surface area contributed by atoms with Gasteiger partial charge in [-0.1, -0.05) is 36.4 Å². The van der Waals surface area contributed by atoms with Crippen LogP contribution in [0.1, 0.15) is 17.5 Å². The van der Waals surface area contributed by atoms with Crippen molar-refractivity contribution in [2.75, 3.05) is 0 Å². The van der Waals surface area contributed by atoms with Gasteiger partial charge < -0.3 is 4.57 Å². The second-order valence-corrected chi connectivity index (χ2v) is 8.37. The fourth-order valence-electron chi connectivity index (χ4n) is 4.31. The van der Waals surface area contributed by atoms with Crippen LogP contribution in [-0.2, 0) is 24.3 Å².